The third-order valence-corrected chi connectivity index (χ3v) is 4.82. The number of H-pyrrole nitrogens is 1. The lowest BCUT2D eigenvalue weighted by molar-refractivity contribution is 0.0893. The fourth-order valence-electron chi connectivity index (χ4n) is 3.49. The van der Waals surface area contributed by atoms with Gasteiger partial charge in [0.25, 0.3) is 0 Å². The molecule has 2 heterocycles. The molecule has 3 aromatic rings. The molecule has 1 aliphatic heterocycles. The molecule has 4 heteroatoms. The minimum atomic E-state index is -0.371. The van der Waals surface area contributed by atoms with E-state index in [0.29, 0.717) is 6.54 Å². The van der Waals surface area contributed by atoms with Crippen molar-refractivity contribution < 1.29 is 9.53 Å². The van der Waals surface area contributed by atoms with Crippen LogP contribution in [-0.4, -0.2) is 30.0 Å². The van der Waals surface area contributed by atoms with Crippen molar-refractivity contribution in [3.05, 3.63) is 71.9 Å². The maximum absolute atomic E-state index is 13.3. The number of Topliss-reactive ketones (excluding diaryl/α,β-unsaturated/α-hetero) is 1. The van der Waals surface area contributed by atoms with E-state index in [9.17, 15) is 4.79 Å². The Kier molecular flexibility index (Phi) is 4.63. The van der Waals surface area contributed by atoms with Crippen molar-refractivity contribution in [1.29, 1.82) is 0 Å². The van der Waals surface area contributed by atoms with Gasteiger partial charge in [0, 0.05) is 35.8 Å². The van der Waals surface area contributed by atoms with E-state index < -0.39 is 0 Å². The molecule has 0 unspecified atom stereocenters. The molecular weight excluding hydrogens is 312 g/mol. The Balaban J connectivity index is 1.63. The number of hydrogen-bond donors (Lipinski definition) is 2. The van der Waals surface area contributed by atoms with Gasteiger partial charge in [-0.1, -0.05) is 48.5 Å². The van der Waals surface area contributed by atoms with E-state index in [2.05, 4.69) is 10.3 Å². The summed E-state index contributed by atoms with van der Waals surface area (Å²) < 4.78 is 5.70. The standard InChI is InChI=1S/C21H22N2O2/c24-21(18-14-22-19-11-5-4-10-17(18)19)20(15-7-2-1-3-8-15)23-13-16-9-6-12-25-16/h1-5,7-8,10-11,14,16,20,22-23H,6,9,12-13H2/t16-,20+/m0/s1. The topological polar surface area (TPSA) is 54.1 Å². The van der Waals surface area contributed by atoms with Crippen LogP contribution in [0.1, 0.15) is 34.8 Å². The quantitative estimate of drug-likeness (QED) is 0.673. The molecule has 1 aromatic heterocycles. The summed E-state index contributed by atoms with van der Waals surface area (Å²) in [6, 6.07) is 17.4. The molecule has 128 valence electrons. The smallest absolute Gasteiger partial charge is 0.186 e. The van der Waals surface area contributed by atoms with Gasteiger partial charge in [-0.2, -0.15) is 0 Å². The highest BCUT2D eigenvalue weighted by Crippen LogP contribution is 2.25. The predicted octanol–water partition coefficient (Wildman–Crippen LogP) is 3.86. The first-order chi connectivity index (χ1) is 12.3. The first kappa shape index (κ1) is 16.1. The van der Waals surface area contributed by atoms with Crippen LogP contribution in [0.15, 0.2) is 60.8 Å². The van der Waals surface area contributed by atoms with Crippen LogP contribution in [0.3, 0.4) is 0 Å². The number of ether oxygens (including phenoxy) is 1. The van der Waals surface area contributed by atoms with E-state index >= 15 is 0 Å². The van der Waals surface area contributed by atoms with E-state index in [4.69, 9.17) is 4.74 Å². The van der Waals surface area contributed by atoms with E-state index in [0.717, 1.165) is 41.5 Å². The number of hydrogen-bond acceptors (Lipinski definition) is 3. The SMILES string of the molecule is O=C(c1c[nH]c2ccccc12)[C@H](NC[C@@H]1CCCO1)c1ccccc1. The van der Waals surface area contributed by atoms with E-state index in [1.807, 2.05) is 60.8 Å². The fraction of sp³-hybridized carbons (Fsp3) is 0.286. The summed E-state index contributed by atoms with van der Waals surface area (Å²) in [6.07, 6.45) is 4.16. The zero-order valence-corrected chi connectivity index (χ0v) is 14.1. The minimum Gasteiger partial charge on any atom is -0.377 e. The molecule has 0 bridgehead atoms. The molecule has 1 aliphatic rings. The van der Waals surface area contributed by atoms with Crippen LogP contribution in [0.5, 0.6) is 0 Å². The highest BCUT2D eigenvalue weighted by Gasteiger charge is 2.26. The lowest BCUT2D eigenvalue weighted by atomic mass is 9.96. The van der Waals surface area contributed by atoms with Gasteiger partial charge in [0.1, 0.15) is 0 Å². The molecule has 0 radical (unpaired) electrons. The zero-order valence-electron chi connectivity index (χ0n) is 14.1. The molecule has 25 heavy (non-hydrogen) atoms. The summed E-state index contributed by atoms with van der Waals surface area (Å²) in [4.78, 5) is 16.5. The average molecular weight is 334 g/mol. The van der Waals surface area contributed by atoms with Gasteiger partial charge in [0.05, 0.1) is 12.1 Å². The summed E-state index contributed by atoms with van der Waals surface area (Å²) in [5.41, 5.74) is 2.69. The number of para-hydroxylation sites is 1. The second-order valence-corrected chi connectivity index (χ2v) is 6.50. The number of rotatable bonds is 6. The lowest BCUT2D eigenvalue weighted by Gasteiger charge is -2.20. The van der Waals surface area contributed by atoms with E-state index in [1.165, 1.54) is 0 Å². The number of carbonyl (C=O) groups excluding carboxylic acids is 1. The average Bonchev–Trinajstić information content (AvgIpc) is 3.32. The Morgan fingerprint density at radius 1 is 1.16 bits per heavy atom. The van der Waals surface area contributed by atoms with E-state index in [1.54, 1.807) is 0 Å². The fourth-order valence-corrected chi connectivity index (χ4v) is 3.49. The Labute approximate surface area is 147 Å². The van der Waals surface area contributed by atoms with Crippen molar-refractivity contribution in [2.45, 2.75) is 25.0 Å². The molecule has 4 nitrogen and oxygen atoms in total. The van der Waals surface area contributed by atoms with Gasteiger partial charge in [0.15, 0.2) is 5.78 Å². The van der Waals surface area contributed by atoms with Crippen LogP contribution >= 0.6 is 0 Å². The van der Waals surface area contributed by atoms with Gasteiger partial charge < -0.3 is 15.0 Å². The molecule has 0 aliphatic carbocycles. The first-order valence-corrected chi connectivity index (χ1v) is 8.83. The van der Waals surface area contributed by atoms with E-state index in [-0.39, 0.29) is 17.9 Å². The number of benzene rings is 2. The van der Waals surface area contributed by atoms with Crippen LogP contribution in [0.4, 0.5) is 0 Å². The largest absolute Gasteiger partial charge is 0.377 e. The van der Waals surface area contributed by atoms with Crippen molar-refractivity contribution in [2.24, 2.45) is 0 Å². The molecule has 2 aromatic carbocycles. The van der Waals surface area contributed by atoms with Gasteiger partial charge in [-0.15, -0.1) is 0 Å². The summed E-state index contributed by atoms with van der Waals surface area (Å²) in [6.45, 7) is 1.51. The van der Waals surface area contributed by atoms with Crippen molar-refractivity contribution in [3.63, 3.8) is 0 Å². The number of aromatic nitrogens is 1. The van der Waals surface area contributed by atoms with Crippen LogP contribution in [0.2, 0.25) is 0 Å². The normalized spacial score (nSPS) is 18.5. The van der Waals surface area contributed by atoms with Crippen LogP contribution in [0.25, 0.3) is 10.9 Å². The van der Waals surface area contributed by atoms with Crippen molar-refractivity contribution >= 4 is 16.7 Å². The minimum absolute atomic E-state index is 0.0849. The number of aromatic amines is 1. The number of ketones is 1. The van der Waals surface area contributed by atoms with Crippen LogP contribution in [-0.2, 0) is 4.74 Å². The van der Waals surface area contributed by atoms with Gasteiger partial charge in [-0.25, -0.2) is 0 Å². The molecule has 4 rings (SSSR count). The monoisotopic (exact) mass is 334 g/mol. The summed E-state index contributed by atoms with van der Waals surface area (Å²) in [7, 11) is 0. The third kappa shape index (κ3) is 3.36. The Bertz CT molecular complexity index is 850. The Morgan fingerprint density at radius 2 is 1.96 bits per heavy atom. The summed E-state index contributed by atoms with van der Waals surface area (Å²) in [5.74, 6) is 0.0849. The van der Waals surface area contributed by atoms with Crippen LogP contribution < -0.4 is 5.32 Å². The van der Waals surface area contributed by atoms with Crippen LogP contribution in [0, 0.1) is 0 Å². The molecule has 1 fully saturated rings. The maximum Gasteiger partial charge on any atom is 0.186 e. The number of carbonyl (C=O) groups is 1. The molecule has 2 atom stereocenters. The second-order valence-electron chi connectivity index (χ2n) is 6.50. The lowest BCUT2D eigenvalue weighted by Crippen LogP contribution is -2.34. The number of fused-ring (bicyclic) bond motifs is 1. The van der Waals surface area contributed by atoms with Gasteiger partial charge >= 0.3 is 0 Å². The van der Waals surface area contributed by atoms with Gasteiger partial charge in [-0.3, -0.25) is 4.79 Å². The van der Waals surface area contributed by atoms with Gasteiger partial charge in [0.2, 0.25) is 0 Å². The summed E-state index contributed by atoms with van der Waals surface area (Å²) in [5, 5.41) is 4.41. The Morgan fingerprint density at radius 3 is 2.76 bits per heavy atom. The zero-order chi connectivity index (χ0) is 17.1. The number of nitrogens with one attached hydrogen (secondary N) is 2. The van der Waals surface area contributed by atoms with Crippen molar-refractivity contribution in [1.82, 2.24) is 10.3 Å². The predicted molar refractivity (Wildman–Crippen MR) is 98.8 cm³/mol. The molecule has 2 N–H and O–H groups in total. The maximum atomic E-state index is 13.3. The highest BCUT2D eigenvalue weighted by atomic mass is 16.5. The molecule has 0 amide bonds. The highest BCUT2D eigenvalue weighted by molar-refractivity contribution is 6.10. The molecule has 0 spiro atoms. The summed E-state index contributed by atoms with van der Waals surface area (Å²) >= 11 is 0. The third-order valence-electron chi connectivity index (χ3n) is 4.82. The molecular formula is C21H22N2O2. The molecule has 1 saturated heterocycles. The first-order valence-electron chi connectivity index (χ1n) is 8.83. The van der Waals surface area contributed by atoms with Gasteiger partial charge in [-0.05, 0) is 24.5 Å². The Hall–Kier alpha value is -2.43. The second kappa shape index (κ2) is 7.21. The van der Waals surface area contributed by atoms with Crippen molar-refractivity contribution in [3.8, 4) is 0 Å². The van der Waals surface area contributed by atoms with Crippen molar-refractivity contribution in [2.75, 3.05) is 13.2 Å². The molecule has 0 saturated carbocycles.